The molecule has 0 radical (unpaired) electrons. The van der Waals surface area contributed by atoms with Gasteiger partial charge in [-0.15, -0.1) is 0 Å². The topological polar surface area (TPSA) is 98.0 Å². The van der Waals surface area contributed by atoms with Crippen molar-refractivity contribution in [3.8, 4) is 5.75 Å². The first-order chi connectivity index (χ1) is 10.6. The van der Waals surface area contributed by atoms with E-state index in [-0.39, 0.29) is 17.3 Å². The lowest BCUT2D eigenvalue weighted by Crippen LogP contribution is -2.12. The van der Waals surface area contributed by atoms with Gasteiger partial charge in [-0.2, -0.15) is 0 Å². The van der Waals surface area contributed by atoms with E-state index in [9.17, 15) is 14.7 Å². The molecule has 0 atom stereocenters. The summed E-state index contributed by atoms with van der Waals surface area (Å²) in [4.78, 5) is 28.4. The van der Waals surface area contributed by atoms with Crippen LogP contribution in [0, 0.1) is 0 Å². The summed E-state index contributed by atoms with van der Waals surface area (Å²) in [5, 5.41) is 12.0. The highest BCUT2D eigenvalue weighted by atomic mass is 16.3. The molecule has 3 aromatic rings. The summed E-state index contributed by atoms with van der Waals surface area (Å²) in [6, 6.07) is 12.0. The molecule has 0 bridgehead atoms. The van der Waals surface area contributed by atoms with E-state index in [1.54, 1.807) is 42.5 Å². The van der Waals surface area contributed by atoms with Crippen LogP contribution in [0.3, 0.4) is 0 Å². The fraction of sp³-hybridized carbons (Fsp3) is 0.125. The van der Waals surface area contributed by atoms with Gasteiger partial charge in [0, 0.05) is 12.1 Å². The molecule has 0 unspecified atom stereocenters. The number of fused-ring (bicyclic) bond motifs is 1. The van der Waals surface area contributed by atoms with Gasteiger partial charge in [0.2, 0.25) is 5.91 Å². The van der Waals surface area contributed by atoms with Crippen molar-refractivity contribution >= 4 is 22.6 Å². The van der Waals surface area contributed by atoms with Gasteiger partial charge in [0.05, 0.1) is 11.0 Å². The van der Waals surface area contributed by atoms with Crippen molar-refractivity contribution in [1.82, 2.24) is 9.97 Å². The molecule has 22 heavy (non-hydrogen) atoms. The van der Waals surface area contributed by atoms with Gasteiger partial charge < -0.3 is 20.4 Å². The van der Waals surface area contributed by atoms with E-state index in [1.165, 1.54) is 0 Å². The number of H-pyrrole nitrogens is 2. The molecule has 0 fully saturated rings. The minimum Gasteiger partial charge on any atom is -0.508 e. The maximum atomic E-state index is 12.0. The van der Waals surface area contributed by atoms with E-state index in [0.29, 0.717) is 29.6 Å². The van der Waals surface area contributed by atoms with Gasteiger partial charge in [-0.1, -0.05) is 12.1 Å². The van der Waals surface area contributed by atoms with E-state index in [2.05, 4.69) is 15.3 Å². The lowest BCUT2D eigenvalue weighted by Gasteiger charge is -2.05. The number of anilines is 1. The van der Waals surface area contributed by atoms with Gasteiger partial charge in [0.1, 0.15) is 5.75 Å². The van der Waals surface area contributed by atoms with E-state index < -0.39 is 0 Å². The molecule has 6 nitrogen and oxygen atoms in total. The van der Waals surface area contributed by atoms with Crippen LogP contribution in [-0.2, 0) is 11.2 Å². The number of hydrogen-bond donors (Lipinski definition) is 4. The molecule has 0 saturated carbocycles. The summed E-state index contributed by atoms with van der Waals surface area (Å²) in [5.74, 6) is 0.104. The Morgan fingerprint density at radius 2 is 1.77 bits per heavy atom. The number of aromatic amines is 2. The highest BCUT2D eigenvalue weighted by molar-refractivity contribution is 5.93. The van der Waals surface area contributed by atoms with E-state index in [0.717, 1.165) is 5.56 Å². The number of carbonyl (C=O) groups excluding carboxylic acids is 1. The number of benzene rings is 2. The number of carbonyl (C=O) groups is 1. The number of amides is 1. The first-order valence-corrected chi connectivity index (χ1v) is 6.90. The van der Waals surface area contributed by atoms with Crippen LogP contribution in [0.2, 0.25) is 0 Å². The summed E-state index contributed by atoms with van der Waals surface area (Å²) in [7, 11) is 0. The molecule has 6 heteroatoms. The molecule has 0 spiro atoms. The second-order valence-electron chi connectivity index (χ2n) is 5.05. The molecule has 4 N–H and O–H groups in total. The SMILES string of the molecule is O=C(CCc1ccc(O)cc1)Nc1ccc2[nH]c(=O)[nH]c2c1. The molecule has 0 aliphatic carbocycles. The molecule has 2 aromatic carbocycles. The number of aromatic hydroxyl groups is 1. The van der Waals surface area contributed by atoms with Crippen molar-refractivity contribution in [2.75, 3.05) is 5.32 Å². The number of imidazole rings is 1. The van der Waals surface area contributed by atoms with Crippen LogP contribution in [0.1, 0.15) is 12.0 Å². The molecule has 3 rings (SSSR count). The summed E-state index contributed by atoms with van der Waals surface area (Å²) in [6.45, 7) is 0. The van der Waals surface area contributed by atoms with Gasteiger partial charge in [-0.05, 0) is 42.3 Å². The second-order valence-corrected chi connectivity index (χ2v) is 5.05. The zero-order valence-corrected chi connectivity index (χ0v) is 11.7. The Balaban J connectivity index is 1.62. The van der Waals surface area contributed by atoms with Crippen molar-refractivity contribution in [2.24, 2.45) is 0 Å². The average Bonchev–Trinajstić information content (AvgIpc) is 2.86. The zero-order valence-electron chi connectivity index (χ0n) is 11.7. The Morgan fingerprint density at radius 1 is 1.05 bits per heavy atom. The first-order valence-electron chi connectivity index (χ1n) is 6.90. The lowest BCUT2D eigenvalue weighted by atomic mass is 10.1. The predicted octanol–water partition coefficient (Wildman–Crippen LogP) is 2.13. The Labute approximate surface area is 125 Å². The van der Waals surface area contributed by atoms with E-state index in [1.807, 2.05) is 0 Å². The van der Waals surface area contributed by atoms with Gasteiger partial charge in [0.15, 0.2) is 0 Å². The van der Waals surface area contributed by atoms with Crippen molar-refractivity contribution in [2.45, 2.75) is 12.8 Å². The number of hydrogen-bond acceptors (Lipinski definition) is 3. The van der Waals surface area contributed by atoms with Crippen LogP contribution in [0.15, 0.2) is 47.3 Å². The van der Waals surface area contributed by atoms with Crippen molar-refractivity contribution in [3.05, 3.63) is 58.5 Å². The molecule has 0 aliphatic heterocycles. The average molecular weight is 297 g/mol. The number of phenols is 1. The van der Waals surface area contributed by atoms with Crippen LogP contribution in [0.5, 0.6) is 5.75 Å². The standard InChI is InChI=1S/C16H15N3O3/c20-12-5-1-10(2-6-12)3-8-15(21)17-11-4-7-13-14(9-11)19-16(22)18-13/h1-2,4-7,9,20H,3,8H2,(H,17,21)(H2,18,19,22). The van der Waals surface area contributed by atoms with Gasteiger partial charge in [-0.25, -0.2) is 4.79 Å². The summed E-state index contributed by atoms with van der Waals surface area (Å²) < 4.78 is 0. The maximum absolute atomic E-state index is 12.0. The Bertz CT molecular complexity index is 862. The maximum Gasteiger partial charge on any atom is 0.323 e. The van der Waals surface area contributed by atoms with Crippen molar-refractivity contribution in [1.29, 1.82) is 0 Å². The minimum atomic E-state index is -0.272. The second kappa shape index (κ2) is 5.77. The third-order valence-electron chi connectivity index (χ3n) is 3.38. The molecule has 0 saturated heterocycles. The highest BCUT2D eigenvalue weighted by Gasteiger charge is 2.05. The normalized spacial score (nSPS) is 10.7. The molecule has 112 valence electrons. The van der Waals surface area contributed by atoms with Crippen LogP contribution in [0.4, 0.5) is 5.69 Å². The molecular weight excluding hydrogens is 282 g/mol. The minimum absolute atomic E-state index is 0.106. The Hall–Kier alpha value is -3.02. The lowest BCUT2D eigenvalue weighted by molar-refractivity contribution is -0.116. The number of nitrogens with one attached hydrogen (secondary N) is 3. The number of phenolic OH excluding ortho intramolecular Hbond substituents is 1. The zero-order chi connectivity index (χ0) is 15.5. The summed E-state index contributed by atoms with van der Waals surface area (Å²) >= 11 is 0. The van der Waals surface area contributed by atoms with E-state index in [4.69, 9.17) is 0 Å². The monoisotopic (exact) mass is 297 g/mol. The Morgan fingerprint density at radius 3 is 2.55 bits per heavy atom. The summed E-state index contributed by atoms with van der Waals surface area (Å²) in [5.41, 5.74) is 2.70. The molecule has 1 heterocycles. The molecular formula is C16H15N3O3. The van der Waals surface area contributed by atoms with Crippen molar-refractivity contribution < 1.29 is 9.90 Å². The third-order valence-corrected chi connectivity index (χ3v) is 3.38. The first kappa shape index (κ1) is 13.9. The van der Waals surface area contributed by atoms with Gasteiger partial charge in [0.25, 0.3) is 0 Å². The molecule has 1 amide bonds. The van der Waals surface area contributed by atoms with Crippen LogP contribution in [-0.4, -0.2) is 21.0 Å². The molecule has 0 aliphatic rings. The summed E-state index contributed by atoms with van der Waals surface area (Å²) in [6.07, 6.45) is 0.932. The van der Waals surface area contributed by atoms with Crippen LogP contribution < -0.4 is 11.0 Å². The quantitative estimate of drug-likeness (QED) is 0.593. The van der Waals surface area contributed by atoms with Crippen molar-refractivity contribution in [3.63, 3.8) is 0 Å². The van der Waals surface area contributed by atoms with E-state index >= 15 is 0 Å². The number of aryl methyl sites for hydroxylation is 1. The van der Waals surface area contributed by atoms with Crippen LogP contribution in [0.25, 0.3) is 11.0 Å². The van der Waals surface area contributed by atoms with Gasteiger partial charge >= 0.3 is 5.69 Å². The fourth-order valence-electron chi connectivity index (χ4n) is 2.25. The van der Waals surface area contributed by atoms with Gasteiger partial charge in [-0.3, -0.25) is 4.79 Å². The largest absolute Gasteiger partial charge is 0.508 e. The smallest absolute Gasteiger partial charge is 0.323 e. The van der Waals surface area contributed by atoms with Crippen LogP contribution >= 0.6 is 0 Å². The third kappa shape index (κ3) is 3.17. The Kier molecular flexibility index (Phi) is 3.65. The fourth-order valence-corrected chi connectivity index (χ4v) is 2.25. The predicted molar refractivity (Wildman–Crippen MR) is 84.0 cm³/mol. The number of rotatable bonds is 4. The number of aromatic nitrogens is 2. The highest BCUT2D eigenvalue weighted by Crippen LogP contribution is 2.15. The molecule has 1 aromatic heterocycles.